The molecule has 0 amide bonds. The molecule has 0 saturated heterocycles. The highest BCUT2D eigenvalue weighted by Gasteiger charge is 2.04. The van der Waals surface area contributed by atoms with Crippen LogP contribution in [-0.2, 0) is 0 Å². The lowest BCUT2D eigenvalue weighted by Crippen LogP contribution is -1.93. The van der Waals surface area contributed by atoms with Crippen molar-refractivity contribution in [2.45, 2.75) is 78.1 Å². The van der Waals surface area contributed by atoms with Gasteiger partial charge >= 0.3 is 0 Å². The predicted molar refractivity (Wildman–Crippen MR) is 82.2 cm³/mol. The topological polar surface area (TPSA) is 0 Å². The van der Waals surface area contributed by atoms with E-state index in [1.807, 2.05) is 0 Å². The lowest BCUT2D eigenvalue weighted by atomic mass is 9.94. The number of hydrogen-bond donors (Lipinski definition) is 0. The van der Waals surface area contributed by atoms with Gasteiger partial charge in [0.25, 0.3) is 0 Å². The van der Waals surface area contributed by atoms with Crippen molar-refractivity contribution in [1.82, 2.24) is 0 Å². The van der Waals surface area contributed by atoms with Gasteiger partial charge in [-0.05, 0) is 24.8 Å². The van der Waals surface area contributed by atoms with Crippen LogP contribution in [0.4, 0.5) is 0 Å². The Balaban J connectivity index is 2.10. The Morgan fingerprint density at radius 2 is 1.39 bits per heavy atom. The van der Waals surface area contributed by atoms with Crippen molar-refractivity contribution in [2.75, 3.05) is 0 Å². The Kier molecular flexibility index (Phi) is 7.80. The standard InChI is InChI=1S/C18H30/c1-4-5-6-7-8-9-10-11-17(3)18-14-12-16(2)13-15-18/h12-15,17H,4-11H2,1-3H3. The molecule has 0 saturated carbocycles. The van der Waals surface area contributed by atoms with E-state index >= 15 is 0 Å². The third-order valence-electron chi connectivity index (χ3n) is 3.89. The first-order valence-corrected chi connectivity index (χ1v) is 7.80. The minimum atomic E-state index is 0.723. The summed E-state index contributed by atoms with van der Waals surface area (Å²) >= 11 is 0. The average molecular weight is 246 g/mol. The van der Waals surface area contributed by atoms with Crippen molar-refractivity contribution in [3.05, 3.63) is 35.4 Å². The van der Waals surface area contributed by atoms with Gasteiger partial charge < -0.3 is 0 Å². The van der Waals surface area contributed by atoms with E-state index in [1.54, 1.807) is 0 Å². The zero-order valence-corrected chi connectivity index (χ0v) is 12.5. The molecule has 0 heterocycles. The molecule has 1 unspecified atom stereocenters. The molecular formula is C18H30. The number of aryl methyl sites for hydroxylation is 1. The van der Waals surface area contributed by atoms with Crippen LogP contribution in [0.3, 0.4) is 0 Å². The van der Waals surface area contributed by atoms with Crippen molar-refractivity contribution < 1.29 is 0 Å². The van der Waals surface area contributed by atoms with Crippen LogP contribution >= 0.6 is 0 Å². The fourth-order valence-corrected chi connectivity index (χ4v) is 2.47. The van der Waals surface area contributed by atoms with E-state index in [0.717, 1.165) is 5.92 Å². The van der Waals surface area contributed by atoms with Gasteiger partial charge in [0.05, 0.1) is 0 Å². The number of rotatable bonds is 9. The zero-order chi connectivity index (χ0) is 13.2. The Hall–Kier alpha value is -0.780. The Morgan fingerprint density at radius 3 is 2.00 bits per heavy atom. The van der Waals surface area contributed by atoms with Gasteiger partial charge in [-0.25, -0.2) is 0 Å². The second-order valence-electron chi connectivity index (χ2n) is 5.72. The number of hydrogen-bond acceptors (Lipinski definition) is 0. The summed E-state index contributed by atoms with van der Waals surface area (Å²) in [4.78, 5) is 0. The van der Waals surface area contributed by atoms with E-state index in [1.165, 1.54) is 62.5 Å². The molecular weight excluding hydrogens is 216 g/mol. The van der Waals surface area contributed by atoms with Crippen LogP contribution in [0.5, 0.6) is 0 Å². The summed E-state index contributed by atoms with van der Waals surface area (Å²) in [6, 6.07) is 9.05. The third kappa shape index (κ3) is 6.23. The molecule has 1 aromatic rings. The zero-order valence-electron chi connectivity index (χ0n) is 12.5. The van der Waals surface area contributed by atoms with Crippen molar-refractivity contribution in [3.63, 3.8) is 0 Å². The predicted octanol–water partition coefficient (Wildman–Crippen LogP) is 6.24. The van der Waals surface area contributed by atoms with E-state index in [2.05, 4.69) is 45.0 Å². The van der Waals surface area contributed by atoms with Gasteiger partial charge in [0.15, 0.2) is 0 Å². The molecule has 18 heavy (non-hydrogen) atoms. The smallest absolute Gasteiger partial charge is 0.0190 e. The van der Waals surface area contributed by atoms with E-state index in [4.69, 9.17) is 0 Å². The lowest BCUT2D eigenvalue weighted by Gasteiger charge is -2.12. The second kappa shape index (κ2) is 9.19. The van der Waals surface area contributed by atoms with Crippen LogP contribution in [-0.4, -0.2) is 0 Å². The molecule has 0 heteroatoms. The molecule has 1 rings (SSSR count). The summed E-state index contributed by atoms with van der Waals surface area (Å²) in [5.74, 6) is 0.723. The largest absolute Gasteiger partial charge is 0.0654 e. The molecule has 0 aliphatic heterocycles. The van der Waals surface area contributed by atoms with Gasteiger partial charge in [-0.2, -0.15) is 0 Å². The molecule has 1 aromatic carbocycles. The summed E-state index contributed by atoms with van der Waals surface area (Å²) in [6.45, 7) is 6.80. The van der Waals surface area contributed by atoms with Crippen molar-refractivity contribution in [3.8, 4) is 0 Å². The molecule has 0 aliphatic carbocycles. The van der Waals surface area contributed by atoms with Crippen molar-refractivity contribution >= 4 is 0 Å². The molecule has 0 aliphatic rings. The Morgan fingerprint density at radius 1 is 0.833 bits per heavy atom. The van der Waals surface area contributed by atoms with Crippen molar-refractivity contribution in [1.29, 1.82) is 0 Å². The SMILES string of the molecule is CCCCCCCCCC(C)c1ccc(C)cc1. The molecule has 102 valence electrons. The minimum Gasteiger partial charge on any atom is -0.0654 e. The summed E-state index contributed by atoms with van der Waals surface area (Å²) in [5, 5.41) is 0. The highest BCUT2D eigenvalue weighted by Crippen LogP contribution is 2.22. The van der Waals surface area contributed by atoms with E-state index in [-0.39, 0.29) is 0 Å². The normalized spacial score (nSPS) is 12.6. The first-order chi connectivity index (χ1) is 8.74. The van der Waals surface area contributed by atoms with Crippen LogP contribution < -0.4 is 0 Å². The first kappa shape index (κ1) is 15.3. The fourth-order valence-electron chi connectivity index (χ4n) is 2.47. The fraction of sp³-hybridized carbons (Fsp3) is 0.667. The average Bonchev–Trinajstić information content (AvgIpc) is 2.38. The van der Waals surface area contributed by atoms with E-state index in [9.17, 15) is 0 Å². The maximum Gasteiger partial charge on any atom is -0.0190 e. The Labute approximate surface area is 114 Å². The summed E-state index contributed by atoms with van der Waals surface area (Å²) in [5.41, 5.74) is 2.87. The Bertz CT molecular complexity index is 296. The van der Waals surface area contributed by atoms with Crippen molar-refractivity contribution in [2.24, 2.45) is 0 Å². The molecule has 0 fully saturated rings. The molecule has 0 N–H and O–H groups in total. The molecule has 1 atom stereocenters. The summed E-state index contributed by atoms with van der Waals surface area (Å²) in [6.07, 6.45) is 11.2. The number of unbranched alkanes of at least 4 members (excludes halogenated alkanes) is 6. The van der Waals surface area contributed by atoms with Crippen LogP contribution in [0, 0.1) is 6.92 Å². The molecule has 0 bridgehead atoms. The first-order valence-electron chi connectivity index (χ1n) is 7.80. The molecule has 0 nitrogen and oxygen atoms in total. The molecule has 0 radical (unpaired) electrons. The summed E-state index contributed by atoms with van der Waals surface area (Å²) in [7, 11) is 0. The van der Waals surface area contributed by atoms with Gasteiger partial charge in [-0.15, -0.1) is 0 Å². The maximum atomic E-state index is 2.36. The summed E-state index contributed by atoms with van der Waals surface area (Å²) < 4.78 is 0. The monoisotopic (exact) mass is 246 g/mol. The number of benzene rings is 1. The highest BCUT2D eigenvalue weighted by molar-refractivity contribution is 5.23. The van der Waals surface area contributed by atoms with Gasteiger partial charge in [0, 0.05) is 0 Å². The van der Waals surface area contributed by atoms with Gasteiger partial charge in [0.2, 0.25) is 0 Å². The third-order valence-corrected chi connectivity index (χ3v) is 3.89. The van der Waals surface area contributed by atoms with Crippen LogP contribution in [0.15, 0.2) is 24.3 Å². The van der Waals surface area contributed by atoms with Gasteiger partial charge in [-0.1, -0.05) is 88.6 Å². The maximum absolute atomic E-state index is 2.36. The van der Waals surface area contributed by atoms with Gasteiger partial charge in [0.1, 0.15) is 0 Å². The highest BCUT2D eigenvalue weighted by atomic mass is 14.1. The second-order valence-corrected chi connectivity index (χ2v) is 5.72. The lowest BCUT2D eigenvalue weighted by molar-refractivity contribution is 0.549. The van der Waals surface area contributed by atoms with E-state index in [0.29, 0.717) is 0 Å². The van der Waals surface area contributed by atoms with E-state index < -0.39 is 0 Å². The van der Waals surface area contributed by atoms with Crippen LogP contribution in [0.1, 0.15) is 82.3 Å². The van der Waals surface area contributed by atoms with Gasteiger partial charge in [-0.3, -0.25) is 0 Å². The van der Waals surface area contributed by atoms with Crippen LogP contribution in [0.25, 0.3) is 0 Å². The molecule has 0 spiro atoms. The van der Waals surface area contributed by atoms with Crippen LogP contribution in [0.2, 0.25) is 0 Å². The molecule has 0 aromatic heterocycles. The minimum absolute atomic E-state index is 0.723. The quantitative estimate of drug-likeness (QED) is 0.452.